The van der Waals surface area contributed by atoms with Crippen molar-refractivity contribution >= 4 is 35.3 Å². The molecule has 1 heterocycles. The van der Waals surface area contributed by atoms with Gasteiger partial charge in [-0.3, -0.25) is 4.79 Å². The van der Waals surface area contributed by atoms with Crippen molar-refractivity contribution < 1.29 is 19.8 Å². The Morgan fingerprint density at radius 2 is 2.03 bits per heavy atom. The summed E-state index contributed by atoms with van der Waals surface area (Å²) in [6.45, 7) is -0.0109. The number of carbonyl (C=O) groups is 2. The molecule has 1 aliphatic rings. The van der Waals surface area contributed by atoms with Crippen LogP contribution in [-0.4, -0.2) is 40.1 Å². The van der Waals surface area contributed by atoms with Crippen LogP contribution in [0.1, 0.15) is 38.9 Å². The van der Waals surface area contributed by atoms with E-state index in [0.29, 0.717) is 28.3 Å². The van der Waals surface area contributed by atoms with Crippen molar-refractivity contribution in [2.24, 2.45) is 0 Å². The van der Waals surface area contributed by atoms with E-state index < -0.39 is 12.2 Å². The number of rotatable bonds is 6. The van der Waals surface area contributed by atoms with Gasteiger partial charge in [0.15, 0.2) is 6.29 Å². The Balaban J connectivity index is 1.54. The maximum absolute atomic E-state index is 12.0. The number of carbonyl (C=O) groups excluding carboxylic acids is 1. The maximum Gasteiger partial charge on any atom is 0.407 e. The highest BCUT2D eigenvalue weighted by Crippen LogP contribution is 2.33. The fourth-order valence-corrected chi connectivity index (χ4v) is 5.14. The van der Waals surface area contributed by atoms with E-state index in [1.807, 2.05) is 6.07 Å². The van der Waals surface area contributed by atoms with Crippen LogP contribution in [0.25, 0.3) is 10.4 Å². The molecule has 0 saturated heterocycles. The molecule has 1 aromatic heterocycles. The Morgan fingerprint density at radius 1 is 1.19 bits per heavy atom. The van der Waals surface area contributed by atoms with E-state index in [-0.39, 0.29) is 12.6 Å². The van der Waals surface area contributed by atoms with E-state index in [1.54, 1.807) is 30.3 Å². The number of aldehydes is 1. The van der Waals surface area contributed by atoms with Gasteiger partial charge in [-0.2, -0.15) is 0 Å². The molecule has 0 bridgehead atoms. The fourth-order valence-electron chi connectivity index (χ4n) is 4.12. The van der Waals surface area contributed by atoms with Gasteiger partial charge in [-0.15, -0.1) is 11.3 Å². The van der Waals surface area contributed by atoms with Gasteiger partial charge in [0.2, 0.25) is 0 Å². The molecule has 3 aromatic rings. The molecule has 0 radical (unpaired) electrons. The molecule has 0 aliphatic heterocycles. The van der Waals surface area contributed by atoms with Crippen LogP contribution in [0.15, 0.2) is 54.6 Å². The third-order valence-corrected chi connectivity index (χ3v) is 7.02. The summed E-state index contributed by atoms with van der Waals surface area (Å²) >= 11 is 7.45. The lowest BCUT2D eigenvalue weighted by Crippen LogP contribution is -2.44. The van der Waals surface area contributed by atoms with Gasteiger partial charge in [-0.25, -0.2) is 4.79 Å². The van der Waals surface area contributed by atoms with Gasteiger partial charge >= 0.3 is 6.09 Å². The van der Waals surface area contributed by atoms with Crippen LogP contribution < -0.4 is 0 Å². The normalized spacial score (nSPS) is 16.4. The zero-order valence-corrected chi connectivity index (χ0v) is 18.3. The monoisotopic (exact) mass is 455 g/mol. The largest absolute Gasteiger partial charge is 0.465 e. The zero-order valence-electron chi connectivity index (χ0n) is 16.7. The summed E-state index contributed by atoms with van der Waals surface area (Å²) in [7, 11) is 0. The average molecular weight is 456 g/mol. The summed E-state index contributed by atoms with van der Waals surface area (Å²) in [5, 5.41) is 21.0. The zero-order chi connectivity index (χ0) is 22.0. The molecule has 1 amide bonds. The molecule has 0 saturated carbocycles. The number of halogens is 1. The van der Waals surface area contributed by atoms with E-state index in [0.717, 1.165) is 28.7 Å². The van der Waals surface area contributed by atoms with Gasteiger partial charge in [0.1, 0.15) is 0 Å². The van der Waals surface area contributed by atoms with Gasteiger partial charge in [-0.05, 0) is 71.8 Å². The predicted octanol–water partition coefficient (Wildman–Crippen LogP) is 5.45. The highest BCUT2D eigenvalue weighted by Gasteiger charge is 2.30. The fraction of sp³-hybridized carbons (Fsp3) is 0.250. The van der Waals surface area contributed by atoms with E-state index in [1.165, 1.54) is 21.8 Å². The molecule has 2 atom stereocenters. The van der Waals surface area contributed by atoms with E-state index in [4.69, 9.17) is 11.6 Å². The van der Waals surface area contributed by atoms with Crippen LogP contribution in [0, 0.1) is 0 Å². The van der Waals surface area contributed by atoms with Crippen molar-refractivity contribution in [2.75, 3.05) is 6.54 Å². The van der Waals surface area contributed by atoms with Crippen molar-refractivity contribution in [1.82, 2.24) is 4.90 Å². The van der Waals surface area contributed by atoms with Crippen LogP contribution >= 0.6 is 22.9 Å². The number of aliphatic hydroxyl groups is 1. The Morgan fingerprint density at radius 3 is 2.74 bits per heavy atom. The van der Waals surface area contributed by atoms with Crippen molar-refractivity contribution in [3.05, 3.63) is 81.2 Å². The molecule has 0 fully saturated rings. The molecule has 2 N–H and O–H groups in total. The molecule has 160 valence electrons. The Kier molecular flexibility index (Phi) is 6.41. The minimum atomic E-state index is -1.04. The summed E-state index contributed by atoms with van der Waals surface area (Å²) in [4.78, 5) is 26.1. The van der Waals surface area contributed by atoms with E-state index >= 15 is 0 Å². The molecular formula is C24H22ClNO4S. The van der Waals surface area contributed by atoms with Crippen molar-refractivity contribution in [1.29, 1.82) is 0 Å². The number of aryl methyl sites for hydroxylation is 1. The lowest BCUT2D eigenvalue weighted by atomic mass is 9.86. The second-order valence-electron chi connectivity index (χ2n) is 7.71. The molecule has 4 rings (SSSR count). The number of fused-ring (bicyclic) bond motifs is 1. The van der Waals surface area contributed by atoms with Crippen molar-refractivity contribution in [2.45, 2.75) is 31.4 Å². The number of thiophene rings is 1. The first-order valence-corrected chi connectivity index (χ1v) is 11.2. The molecule has 31 heavy (non-hydrogen) atoms. The topological polar surface area (TPSA) is 77.8 Å². The number of carboxylic acid groups (broad SMARTS) is 1. The minimum Gasteiger partial charge on any atom is -0.465 e. The molecule has 1 aliphatic carbocycles. The standard InChI is InChI=1S/C24H22ClNO4S/c25-19-3-1-2-16(11-19)22(28)13-26(24(29)30)20-7-6-15-4-5-17(10-18(15)12-20)23-9-8-21(14-27)31-23/h1-5,8-11,14,20,22,28H,6-7,12-13H2,(H,29,30)/t20-,22-/m0/s1. The molecule has 0 spiro atoms. The maximum atomic E-state index is 12.0. The second-order valence-corrected chi connectivity index (χ2v) is 9.26. The first-order valence-electron chi connectivity index (χ1n) is 10.0. The van der Waals surface area contributed by atoms with Gasteiger partial charge in [0.25, 0.3) is 0 Å². The molecule has 0 unspecified atom stereocenters. The highest BCUT2D eigenvalue weighted by atomic mass is 35.5. The number of hydrogen-bond donors (Lipinski definition) is 2. The number of aliphatic hydroxyl groups excluding tert-OH is 1. The molecule has 2 aromatic carbocycles. The van der Waals surface area contributed by atoms with E-state index in [2.05, 4.69) is 18.2 Å². The Hall–Kier alpha value is -2.67. The van der Waals surface area contributed by atoms with Crippen LogP contribution in [-0.2, 0) is 12.8 Å². The van der Waals surface area contributed by atoms with Gasteiger partial charge in [0, 0.05) is 15.9 Å². The van der Waals surface area contributed by atoms with Crippen LogP contribution in [0.2, 0.25) is 5.02 Å². The summed E-state index contributed by atoms with van der Waals surface area (Å²) in [6.07, 6.45) is 0.925. The highest BCUT2D eigenvalue weighted by molar-refractivity contribution is 7.17. The van der Waals surface area contributed by atoms with E-state index in [9.17, 15) is 19.8 Å². The second kappa shape index (κ2) is 9.22. The Labute approximate surface area is 189 Å². The van der Waals surface area contributed by atoms with Crippen molar-refractivity contribution in [3.8, 4) is 10.4 Å². The third kappa shape index (κ3) is 4.82. The first kappa shape index (κ1) is 21.6. The SMILES string of the molecule is O=Cc1ccc(-c2ccc3c(c2)C[C@@H](N(C[C@H](O)c2cccc(Cl)c2)C(=O)O)CC3)s1. The summed E-state index contributed by atoms with van der Waals surface area (Å²) in [5.41, 5.74) is 3.95. The van der Waals surface area contributed by atoms with Gasteiger partial charge < -0.3 is 15.1 Å². The summed E-state index contributed by atoms with van der Waals surface area (Å²) < 4.78 is 0. The number of hydrogen-bond acceptors (Lipinski definition) is 4. The van der Waals surface area contributed by atoms with Gasteiger partial charge in [-0.1, -0.05) is 35.9 Å². The number of amides is 1. The van der Waals surface area contributed by atoms with Crippen LogP contribution in [0.4, 0.5) is 4.79 Å². The van der Waals surface area contributed by atoms with Crippen LogP contribution in [0.3, 0.4) is 0 Å². The molecular weight excluding hydrogens is 434 g/mol. The third-order valence-electron chi connectivity index (χ3n) is 5.73. The molecule has 7 heteroatoms. The number of nitrogens with zero attached hydrogens (tertiary/aromatic N) is 1. The summed E-state index contributed by atoms with van der Waals surface area (Å²) in [6, 6.07) is 16.6. The summed E-state index contributed by atoms with van der Waals surface area (Å²) in [5.74, 6) is 0. The average Bonchev–Trinajstić information content (AvgIpc) is 3.26. The van der Waals surface area contributed by atoms with Gasteiger partial charge in [0.05, 0.1) is 17.5 Å². The lowest BCUT2D eigenvalue weighted by molar-refractivity contribution is 0.0727. The Bertz CT molecular complexity index is 1110. The first-order chi connectivity index (χ1) is 14.9. The minimum absolute atomic E-state index is 0.0109. The number of benzene rings is 2. The smallest absolute Gasteiger partial charge is 0.407 e. The molecule has 5 nitrogen and oxygen atoms in total. The predicted molar refractivity (Wildman–Crippen MR) is 122 cm³/mol. The van der Waals surface area contributed by atoms with Crippen LogP contribution in [0.5, 0.6) is 0 Å². The van der Waals surface area contributed by atoms with Crippen molar-refractivity contribution in [3.63, 3.8) is 0 Å². The lowest BCUT2D eigenvalue weighted by Gasteiger charge is -2.34. The quantitative estimate of drug-likeness (QED) is 0.484.